The number of halogens is 3. The summed E-state index contributed by atoms with van der Waals surface area (Å²) >= 11 is 0. The molecule has 2 nitrogen and oxygen atoms in total. The number of carbonyl (C=O) groups excluding carboxylic acids is 1. The molecule has 0 aromatic carbocycles. The molecule has 0 aromatic heterocycles. The zero-order valence-electron chi connectivity index (χ0n) is 6.73. The van der Waals surface area contributed by atoms with Gasteiger partial charge in [-0.2, -0.15) is 13.2 Å². The van der Waals surface area contributed by atoms with Crippen LogP contribution in [0.25, 0.3) is 0 Å². The van der Waals surface area contributed by atoms with Crippen LogP contribution < -0.4 is 0 Å². The van der Waals surface area contributed by atoms with Crippen LogP contribution in [0.2, 0.25) is 0 Å². The summed E-state index contributed by atoms with van der Waals surface area (Å²) in [6.07, 6.45) is -4.54. The van der Waals surface area contributed by atoms with E-state index in [9.17, 15) is 18.0 Å². The molecule has 0 amide bonds. The smallest absolute Gasteiger partial charge is 0.410 e. The highest BCUT2D eigenvalue weighted by Gasteiger charge is 2.25. The number of alkyl halides is 3. The van der Waals surface area contributed by atoms with Gasteiger partial charge in [-0.25, -0.2) is 4.79 Å². The van der Waals surface area contributed by atoms with E-state index in [4.69, 9.17) is 0 Å². The van der Waals surface area contributed by atoms with Crippen LogP contribution in [0.1, 0.15) is 13.8 Å². The van der Waals surface area contributed by atoms with E-state index in [1.54, 1.807) is 0 Å². The summed E-state index contributed by atoms with van der Waals surface area (Å²) in [6, 6.07) is 0. The van der Waals surface area contributed by atoms with Gasteiger partial charge in [-0.3, -0.25) is 0 Å². The van der Waals surface area contributed by atoms with Crippen molar-refractivity contribution in [2.45, 2.75) is 20.0 Å². The molecule has 0 fully saturated rings. The van der Waals surface area contributed by atoms with Gasteiger partial charge in [0.15, 0.2) is 0 Å². The monoisotopic (exact) mass is 182 g/mol. The minimum atomic E-state index is -4.46. The number of hydrogen-bond donors (Lipinski definition) is 0. The molecule has 0 radical (unpaired) electrons. The van der Waals surface area contributed by atoms with Crippen molar-refractivity contribution in [3.8, 4) is 0 Å². The topological polar surface area (TPSA) is 26.3 Å². The fourth-order valence-electron chi connectivity index (χ4n) is 0.549. The highest BCUT2D eigenvalue weighted by molar-refractivity contribution is 5.87. The van der Waals surface area contributed by atoms with Crippen LogP contribution in [0.4, 0.5) is 13.2 Å². The summed E-state index contributed by atoms with van der Waals surface area (Å²) in [6.45, 7) is 2.66. The molecule has 0 bridgehead atoms. The maximum atomic E-state index is 11.6. The fraction of sp³-hybridized carbons (Fsp3) is 0.571. The van der Waals surface area contributed by atoms with Gasteiger partial charge in [0.2, 0.25) is 0 Å². The molecule has 5 heteroatoms. The third kappa shape index (κ3) is 4.76. The molecular formula is C7H9F3O2. The average molecular weight is 182 g/mol. The summed E-state index contributed by atoms with van der Waals surface area (Å²) in [5.41, 5.74) is -0.440. The second-order valence-corrected chi connectivity index (χ2v) is 2.09. The lowest BCUT2D eigenvalue weighted by molar-refractivity contribution is -0.139. The maximum Gasteiger partial charge on any atom is 0.410 e. The molecule has 0 unspecified atom stereocenters. The van der Waals surface area contributed by atoms with Crippen molar-refractivity contribution >= 4 is 5.97 Å². The van der Waals surface area contributed by atoms with E-state index in [-0.39, 0.29) is 12.7 Å². The normalized spacial score (nSPS) is 12.9. The number of ether oxygens (including phenoxy) is 1. The van der Waals surface area contributed by atoms with Gasteiger partial charge in [0, 0.05) is 11.6 Å². The molecule has 0 saturated heterocycles. The first-order valence-corrected chi connectivity index (χ1v) is 3.30. The van der Waals surface area contributed by atoms with Crippen LogP contribution in [-0.4, -0.2) is 18.8 Å². The predicted molar refractivity (Wildman–Crippen MR) is 36.4 cm³/mol. The van der Waals surface area contributed by atoms with Crippen molar-refractivity contribution in [1.82, 2.24) is 0 Å². The van der Waals surface area contributed by atoms with Gasteiger partial charge < -0.3 is 4.74 Å². The van der Waals surface area contributed by atoms with Gasteiger partial charge in [0.25, 0.3) is 0 Å². The quantitative estimate of drug-likeness (QED) is 0.482. The van der Waals surface area contributed by atoms with Crippen LogP contribution in [0.5, 0.6) is 0 Å². The summed E-state index contributed by atoms with van der Waals surface area (Å²) in [5, 5.41) is 0. The highest BCUT2D eigenvalue weighted by Crippen LogP contribution is 2.18. The number of hydrogen-bond acceptors (Lipinski definition) is 2. The van der Waals surface area contributed by atoms with E-state index < -0.39 is 17.7 Å². The predicted octanol–water partition coefficient (Wildman–Crippen LogP) is 2.06. The van der Waals surface area contributed by atoms with Gasteiger partial charge >= 0.3 is 12.1 Å². The van der Waals surface area contributed by atoms with Crippen molar-refractivity contribution in [2.24, 2.45) is 0 Å². The second kappa shape index (κ2) is 4.13. The Hall–Kier alpha value is -1.00. The number of carbonyl (C=O) groups is 1. The lowest BCUT2D eigenvalue weighted by Crippen LogP contribution is -2.10. The molecule has 0 aliphatic carbocycles. The molecule has 0 spiro atoms. The maximum absolute atomic E-state index is 11.6. The molecule has 0 aromatic rings. The number of esters is 1. The van der Waals surface area contributed by atoms with Crippen LogP contribution >= 0.6 is 0 Å². The van der Waals surface area contributed by atoms with Crippen molar-refractivity contribution < 1.29 is 22.7 Å². The third-order valence-corrected chi connectivity index (χ3v) is 0.978. The Labute approximate surface area is 68.0 Å². The summed E-state index contributed by atoms with van der Waals surface area (Å²) in [4.78, 5) is 10.6. The Bertz CT molecular complexity index is 193. The SMILES string of the molecule is CCOC(=O)/C(C)=C/C(F)(F)F. The summed E-state index contributed by atoms with van der Waals surface area (Å²) < 4.78 is 39.2. The van der Waals surface area contributed by atoms with Crippen molar-refractivity contribution in [1.29, 1.82) is 0 Å². The van der Waals surface area contributed by atoms with E-state index in [2.05, 4.69) is 4.74 Å². The van der Waals surface area contributed by atoms with Crippen molar-refractivity contribution in [3.05, 3.63) is 11.6 Å². The molecule has 0 saturated carbocycles. The van der Waals surface area contributed by atoms with Gasteiger partial charge in [0.05, 0.1) is 6.61 Å². The van der Waals surface area contributed by atoms with Crippen LogP contribution in [0.3, 0.4) is 0 Å². The second-order valence-electron chi connectivity index (χ2n) is 2.09. The number of rotatable bonds is 2. The van der Waals surface area contributed by atoms with Gasteiger partial charge in [0.1, 0.15) is 0 Å². The zero-order chi connectivity index (χ0) is 9.78. The molecular weight excluding hydrogens is 173 g/mol. The molecule has 0 heterocycles. The molecule has 0 aliphatic heterocycles. The lowest BCUT2D eigenvalue weighted by atomic mass is 10.3. The first-order chi connectivity index (χ1) is 5.37. The Morgan fingerprint density at radius 2 is 2.00 bits per heavy atom. The Balaban J connectivity index is 4.28. The Morgan fingerprint density at radius 3 is 2.33 bits per heavy atom. The molecule has 70 valence electrons. The van der Waals surface area contributed by atoms with E-state index in [1.807, 2.05) is 0 Å². The standard InChI is InChI=1S/C7H9F3O2/c1-3-12-6(11)5(2)4-7(8,9)10/h4H,3H2,1-2H3/b5-4+. The molecule has 0 rings (SSSR count). The van der Waals surface area contributed by atoms with E-state index in [0.717, 1.165) is 6.92 Å². The molecule has 0 aliphatic rings. The van der Waals surface area contributed by atoms with Crippen molar-refractivity contribution in [2.75, 3.05) is 6.61 Å². The van der Waals surface area contributed by atoms with Crippen LogP contribution in [0, 0.1) is 0 Å². The fourth-order valence-corrected chi connectivity index (χ4v) is 0.549. The zero-order valence-corrected chi connectivity index (χ0v) is 6.73. The van der Waals surface area contributed by atoms with Crippen LogP contribution in [0.15, 0.2) is 11.6 Å². The highest BCUT2D eigenvalue weighted by atomic mass is 19.4. The lowest BCUT2D eigenvalue weighted by Gasteiger charge is -2.03. The van der Waals surface area contributed by atoms with E-state index >= 15 is 0 Å². The minimum Gasteiger partial charge on any atom is -0.463 e. The van der Waals surface area contributed by atoms with Crippen molar-refractivity contribution in [3.63, 3.8) is 0 Å². The largest absolute Gasteiger partial charge is 0.463 e. The minimum absolute atomic E-state index is 0.0713. The summed E-state index contributed by atoms with van der Waals surface area (Å²) in [5.74, 6) is -0.935. The van der Waals surface area contributed by atoms with E-state index in [1.165, 1.54) is 6.92 Å². The van der Waals surface area contributed by atoms with Gasteiger partial charge in [-0.05, 0) is 13.8 Å². The van der Waals surface area contributed by atoms with Gasteiger partial charge in [-0.15, -0.1) is 0 Å². The molecule has 12 heavy (non-hydrogen) atoms. The Morgan fingerprint density at radius 1 is 1.50 bits per heavy atom. The molecule has 0 atom stereocenters. The first kappa shape index (κ1) is 11.0. The molecule has 0 N–H and O–H groups in total. The van der Waals surface area contributed by atoms with Crippen LogP contribution in [-0.2, 0) is 9.53 Å². The Kier molecular flexibility index (Phi) is 3.79. The average Bonchev–Trinajstić information content (AvgIpc) is 1.84. The third-order valence-electron chi connectivity index (χ3n) is 0.978. The summed E-state index contributed by atoms with van der Waals surface area (Å²) in [7, 11) is 0. The first-order valence-electron chi connectivity index (χ1n) is 3.30. The number of allylic oxidation sites excluding steroid dienone is 1. The van der Waals surface area contributed by atoms with Gasteiger partial charge in [-0.1, -0.05) is 0 Å². The van der Waals surface area contributed by atoms with E-state index in [0.29, 0.717) is 0 Å².